The molecule has 1 saturated carbocycles. The summed E-state index contributed by atoms with van der Waals surface area (Å²) >= 11 is 0. The monoisotopic (exact) mass is 497 g/mol. The molecule has 0 spiro atoms. The SMILES string of the molecule is CCCCCCCCN(CCOc1ccc(C2CCCCC2)cc1)c1ccc(C=C(C#N)C#N)c(C)c1. The Balaban J connectivity index is 1.61. The fourth-order valence-electron chi connectivity index (χ4n) is 5.26. The first-order valence-corrected chi connectivity index (χ1v) is 14.2. The van der Waals surface area contributed by atoms with Gasteiger partial charge in [-0.3, -0.25) is 0 Å². The zero-order valence-corrected chi connectivity index (χ0v) is 22.8. The minimum Gasteiger partial charge on any atom is -0.492 e. The molecule has 4 heteroatoms. The summed E-state index contributed by atoms with van der Waals surface area (Å²) in [5, 5.41) is 18.2. The normalized spacial score (nSPS) is 13.4. The van der Waals surface area contributed by atoms with Gasteiger partial charge in [0.15, 0.2) is 0 Å². The standard InChI is InChI=1S/C33H43N3O/c1-3-4-5-6-7-11-20-36(32-17-14-31(27(2)23-32)24-28(25-34)26-35)21-22-37-33-18-15-30(16-19-33)29-12-9-8-10-13-29/h14-19,23-24,29H,3-13,20-22H2,1-2H3. The molecule has 0 aromatic heterocycles. The molecule has 0 atom stereocenters. The number of ether oxygens (including phenoxy) is 1. The van der Waals surface area contributed by atoms with E-state index in [4.69, 9.17) is 15.3 Å². The molecular weight excluding hydrogens is 454 g/mol. The Morgan fingerprint density at radius 3 is 2.30 bits per heavy atom. The number of benzene rings is 2. The smallest absolute Gasteiger partial charge is 0.130 e. The van der Waals surface area contributed by atoms with Crippen molar-refractivity contribution < 1.29 is 4.74 Å². The van der Waals surface area contributed by atoms with Crippen molar-refractivity contribution in [1.29, 1.82) is 10.5 Å². The second-order valence-corrected chi connectivity index (χ2v) is 10.3. The van der Waals surface area contributed by atoms with Crippen molar-refractivity contribution in [3.63, 3.8) is 0 Å². The van der Waals surface area contributed by atoms with Crippen LogP contribution >= 0.6 is 0 Å². The van der Waals surface area contributed by atoms with Gasteiger partial charge in [-0.2, -0.15) is 10.5 Å². The quantitative estimate of drug-likeness (QED) is 0.193. The predicted molar refractivity (Wildman–Crippen MR) is 154 cm³/mol. The lowest BCUT2D eigenvalue weighted by atomic mass is 9.84. The van der Waals surface area contributed by atoms with Gasteiger partial charge in [-0.25, -0.2) is 0 Å². The Bertz CT molecular complexity index is 1050. The van der Waals surface area contributed by atoms with E-state index in [1.165, 1.54) is 69.8 Å². The molecule has 1 aliphatic rings. The number of allylic oxidation sites excluding steroid dienone is 1. The maximum atomic E-state index is 9.11. The maximum absolute atomic E-state index is 9.11. The van der Waals surface area contributed by atoms with Gasteiger partial charge in [-0.1, -0.05) is 76.5 Å². The summed E-state index contributed by atoms with van der Waals surface area (Å²) < 4.78 is 6.17. The van der Waals surface area contributed by atoms with Gasteiger partial charge >= 0.3 is 0 Å². The predicted octanol–water partition coefficient (Wildman–Crippen LogP) is 8.72. The summed E-state index contributed by atoms with van der Waals surface area (Å²) in [6.07, 6.45) is 16.0. The molecule has 1 fully saturated rings. The molecule has 0 saturated heterocycles. The Morgan fingerprint density at radius 1 is 0.919 bits per heavy atom. The van der Waals surface area contributed by atoms with E-state index in [2.05, 4.69) is 48.2 Å². The summed E-state index contributed by atoms with van der Waals surface area (Å²) in [5.41, 5.74) is 4.72. The highest BCUT2D eigenvalue weighted by molar-refractivity contribution is 5.66. The molecule has 37 heavy (non-hydrogen) atoms. The van der Waals surface area contributed by atoms with Gasteiger partial charge in [0.2, 0.25) is 0 Å². The Labute approximate surface area is 224 Å². The first kappa shape index (κ1) is 28.3. The highest BCUT2D eigenvalue weighted by Crippen LogP contribution is 2.33. The number of anilines is 1. The number of aryl methyl sites for hydroxylation is 1. The van der Waals surface area contributed by atoms with E-state index in [-0.39, 0.29) is 5.57 Å². The number of rotatable bonds is 14. The van der Waals surface area contributed by atoms with Crippen LogP contribution in [0.2, 0.25) is 0 Å². The van der Waals surface area contributed by atoms with Crippen molar-refractivity contribution in [2.75, 3.05) is 24.6 Å². The highest BCUT2D eigenvalue weighted by atomic mass is 16.5. The van der Waals surface area contributed by atoms with E-state index >= 15 is 0 Å². The topological polar surface area (TPSA) is 60.0 Å². The minimum atomic E-state index is 0.127. The third-order valence-electron chi connectivity index (χ3n) is 7.53. The van der Waals surface area contributed by atoms with Gasteiger partial charge in [0, 0.05) is 12.2 Å². The van der Waals surface area contributed by atoms with Crippen molar-refractivity contribution in [3.05, 3.63) is 64.7 Å². The van der Waals surface area contributed by atoms with E-state index in [1.807, 2.05) is 25.1 Å². The zero-order chi connectivity index (χ0) is 26.3. The Kier molecular flexibility index (Phi) is 12.1. The van der Waals surface area contributed by atoms with Crippen LogP contribution in [0.1, 0.15) is 100 Å². The molecule has 2 aromatic rings. The molecular formula is C33H43N3O. The number of unbranched alkanes of at least 4 members (excludes halogenated alkanes) is 5. The first-order valence-electron chi connectivity index (χ1n) is 14.2. The highest BCUT2D eigenvalue weighted by Gasteiger charge is 2.15. The molecule has 4 nitrogen and oxygen atoms in total. The van der Waals surface area contributed by atoms with Gasteiger partial charge < -0.3 is 9.64 Å². The molecule has 1 aliphatic carbocycles. The second-order valence-electron chi connectivity index (χ2n) is 10.3. The van der Waals surface area contributed by atoms with Crippen LogP contribution < -0.4 is 9.64 Å². The maximum Gasteiger partial charge on any atom is 0.130 e. The summed E-state index contributed by atoms with van der Waals surface area (Å²) in [6, 6.07) is 19.0. The number of nitrogens with zero attached hydrogens (tertiary/aromatic N) is 3. The van der Waals surface area contributed by atoms with Crippen LogP contribution in [0.5, 0.6) is 5.75 Å². The Morgan fingerprint density at radius 2 is 1.62 bits per heavy atom. The van der Waals surface area contributed by atoms with Crippen molar-refractivity contribution in [2.45, 2.75) is 90.4 Å². The molecule has 0 bridgehead atoms. The van der Waals surface area contributed by atoms with Crippen molar-refractivity contribution in [2.24, 2.45) is 0 Å². The number of hydrogen-bond donors (Lipinski definition) is 0. The van der Waals surface area contributed by atoms with E-state index < -0.39 is 0 Å². The molecule has 196 valence electrons. The number of nitriles is 2. The average molecular weight is 498 g/mol. The minimum absolute atomic E-state index is 0.127. The lowest BCUT2D eigenvalue weighted by molar-refractivity contribution is 0.323. The largest absolute Gasteiger partial charge is 0.492 e. The molecule has 0 heterocycles. The summed E-state index contributed by atoms with van der Waals surface area (Å²) in [6.45, 7) is 6.73. The second kappa shape index (κ2) is 15.8. The van der Waals surface area contributed by atoms with Gasteiger partial charge in [-0.05, 0) is 79.1 Å². The van der Waals surface area contributed by atoms with Crippen LogP contribution in [0.15, 0.2) is 48.0 Å². The lowest BCUT2D eigenvalue weighted by Gasteiger charge is -2.26. The molecule has 0 aliphatic heterocycles. The first-order chi connectivity index (χ1) is 18.1. The van der Waals surface area contributed by atoms with Crippen molar-refractivity contribution >= 4 is 11.8 Å². The third kappa shape index (κ3) is 9.29. The molecule has 0 unspecified atom stereocenters. The van der Waals surface area contributed by atoms with Crippen LogP contribution in [0.4, 0.5) is 5.69 Å². The van der Waals surface area contributed by atoms with Crippen LogP contribution in [-0.4, -0.2) is 19.7 Å². The van der Waals surface area contributed by atoms with Gasteiger partial charge in [0.05, 0.1) is 6.54 Å². The van der Waals surface area contributed by atoms with Crippen LogP contribution in [0.25, 0.3) is 6.08 Å². The molecule has 0 N–H and O–H groups in total. The fourth-order valence-corrected chi connectivity index (χ4v) is 5.26. The van der Waals surface area contributed by atoms with Gasteiger partial charge in [-0.15, -0.1) is 0 Å². The third-order valence-corrected chi connectivity index (χ3v) is 7.53. The molecule has 0 radical (unpaired) electrons. The van der Waals surface area contributed by atoms with Gasteiger partial charge in [0.1, 0.15) is 30.1 Å². The average Bonchev–Trinajstić information content (AvgIpc) is 2.94. The zero-order valence-electron chi connectivity index (χ0n) is 22.8. The van der Waals surface area contributed by atoms with E-state index in [1.54, 1.807) is 6.08 Å². The van der Waals surface area contributed by atoms with Gasteiger partial charge in [0.25, 0.3) is 0 Å². The van der Waals surface area contributed by atoms with Crippen LogP contribution in [0.3, 0.4) is 0 Å². The van der Waals surface area contributed by atoms with E-state index in [0.29, 0.717) is 12.5 Å². The van der Waals surface area contributed by atoms with Crippen molar-refractivity contribution in [3.8, 4) is 17.9 Å². The van der Waals surface area contributed by atoms with Crippen molar-refractivity contribution in [1.82, 2.24) is 0 Å². The fraction of sp³-hybridized carbons (Fsp3) is 0.515. The molecule has 2 aromatic carbocycles. The van der Waals surface area contributed by atoms with E-state index in [9.17, 15) is 0 Å². The number of hydrogen-bond acceptors (Lipinski definition) is 4. The summed E-state index contributed by atoms with van der Waals surface area (Å²) in [4.78, 5) is 2.41. The summed E-state index contributed by atoms with van der Waals surface area (Å²) in [5.74, 6) is 1.66. The van der Waals surface area contributed by atoms with Crippen LogP contribution in [0, 0.1) is 29.6 Å². The summed E-state index contributed by atoms with van der Waals surface area (Å²) in [7, 11) is 0. The molecule has 0 amide bonds. The Hall–Kier alpha value is -3.24. The van der Waals surface area contributed by atoms with E-state index in [0.717, 1.165) is 42.1 Å². The lowest BCUT2D eigenvalue weighted by Crippen LogP contribution is -2.29. The van der Waals surface area contributed by atoms with Crippen LogP contribution in [-0.2, 0) is 0 Å². The molecule has 3 rings (SSSR count).